The van der Waals surface area contributed by atoms with Crippen LogP contribution >= 0.6 is 0 Å². The molecule has 0 radical (unpaired) electrons. The van der Waals surface area contributed by atoms with Crippen LogP contribution in [-0.4, -0.2) is 57.3 Å². The summed E-state index contributed by atoms with van der Waals surface area (Å²) >= 11 is 0. The lowest BCUT2D eigenvalue weighted by Gasteiger charge is -2.41. The van der Waals surface area contributed by atoms with E-state index >= 15 is 0 Å². The predicted octanol–water partition coefficient (Wildman–Crippen LogP) is 1.77. The van der Waals surface area contributed by atoms with E-state index in [0.29, 0.717) is 0 Å². The molecule has 0 aliphatic carbocycles. The Balaban J connectivity index is 2.45. The summed E-state index contributed by atoms with van der Waals surface area (Å²) in [5.74, 6) is -2.32. The van der Waals surface area contributed by atoms with Gasteiger partial charge in [-0.15, -0.1) is 5.10 Å². The Morgan fingerprint density at radius 3 is 2.32 bits per heavy atom. The van der Waals surface area contributed by atoms with Crippen molar-refractivity contribution in [2.75, 3.05) is 0 Å². The second-order valence-corrected chi connectivity index (χ2v) is 8.83. The Morgan fingerprint density at radius 2 is 1.86 bits per heavy atom. The van der Waals surface area contributed by atoms with Gasteiger partial charge in [-0.1, -0.05) is 0 Å². The molecular formula is C14H18F3N3O7S. The van der Waals surface area contributed by atoms with Crippen LogP contribution in [0, 0.1) is 0 Å². The van der Waals surface area contributed by atoms with Crippen molar-refractivity contribution in [1.82, 2.24) is 15.1 Å². The SMILES string of the molecule is CC(C)(C)OC(=O)N1Cc2c(OS(=O)(=O)C(F)(F)F)n[nH]c2CC1(C)C(=O)O. The number of fused-ring (bicyclic) bond motifs is 1. The fraction of sp³-hybridized carbons (Fsp3) is 0.643. The zero-order valence-corrected chi connectivity index (χ0v) is 16.1. The Bertz CT molecular complexity index is 904. The Morgan fingerprint density at radius 1 is 1.29 bits per heavy atom. The zero-order chi connectivity index (χ0) is 21.7. The molecule has 1 aliphatic heterocycles. The number of carboxylic acids is 1. The molecule has 0 bridgehead atoms. The molecule has 0 saturated heterocycles. The maximum Gasteiger partial charge on any atom is 0.534 e. The molecule has 1 unspecified atom stereocenters. The summed E-state index contributed by atoms with van der Waals surface area (Å²) in [5.41, 5.74) is -8.66. The van der Waals surface area contributed by atoms with Crippen molar-refractivity contribution < 1.29 is 45.2 Å². The number of halogens is 3. The highest BCUT2D eigenvalue weighted by molar-refractivity contribution is 7.87. The highest BCUT2D eigenvalue weighted by Gasteiger charge is 2.52. The molecule has 1 aromatic rings. The highest BCUT2D eigenvalue weighted by atomic mass is 32.2. The number of aromatic amines is 1. The molecule has 1 amide bonds. The standard InChI is InChI=1S/C14H18F3N3O7S/c1-12(2,3)26-11(23)20-6-7-8(5-13(20,4)10(21)22)18-19-9(7)27-28(24,25)14(15,16)17/h5-6H2,1-4H3,(H,18,19)(H,21,22). The quantitative estimate of drug-likeness (QED) is 0.548. The van der Waals surface area contributed by atoms with Crippen LogP contribution in [0.25, 0.3) is 0 Å². The molecule has 1 aromatic heterocycles. The van der Waals surface area contributed by atoms with Crippen molar-refractivity contribution in [3.63, 3.8) is 0 Å². The van der Waals surface area contributed by atoms with E-state index in [1.165, 1.54) is 6.92 Å². The van der Waals surface area contributed by atoms with E-state index in [9.17, 15) is 36.3 Å². The summed E-state index contributed by atoms with van der Waals surface area (Å²) in [4.78, 5) is 25.0. The smallest absolute Gasteiger partial charge is 0.479 e. The maximum absolute atomic E-state index is 12.6. The van der Waals surface area contributed by atoms with Crippen LogP contribution in [0.5, 0.6) is 5.88 Å². The van der Waals surface area contributed by atoms with Crippen molar-refractivity contribution in [3.05, 3.63) is 11.3 Å². The number of carbonyl (C=O) groups excluding carboxylic acids is 1. The van der Waals surface area contributed by atoms with Crippen LogP contribution in [0.3, 0.4) is 0 Å². The lowest BCUT2D eigenvalue weighted by molar-refractivity contribution is -0.151. The molecule has 2 rings (SSSR count). The first-order valence-corrected chi connectivity index (χ1v) is 9.19. The molecular weight excluding hydrogens is 411 g/mol. The number of aromatic nitrogens is 2. The second kappa shape index (κ2) is 6.53. The van der Waals surface area contributed by atoms with Gasteiger partial charge >= 0.3 is 27.7 Å². The van der Waals surface area contributed by atoms with Gasteiger partial charge in [0.05, 0.1) is 12.1 Å². The Kier molecular flexibility index (Phi) is 5.08. The van der Waals surface area contributed by atoms with Crippen LogP contribution in [-0.2, 0) is 32.6 Å². The van der Waals surface area contributed by atoms with E-state index in [1.807, 2.05) is 0 Å². The summed E-state index contributed by atoms with van der Waals surface area (Å²) in [5, 5.41) is 15.2. The van der Waals surface area contributed by atoms with Crippen LogP contribution in [0.4, 0.5) is 18.0 Å². The molecule has 14 heteroatoms. The minimum atomic E-state index is -6.00. The molecule has 10 nitrogen and oxygen atoms in total. The first-order valence-electron chi connectivity index (χ1n) is 7.79. The van der Waals surface area contributed by atoms with E-state index in [4.69, 9.17) is 4.74 Å². The number of aliphatic carboxylic acids is 1. The van der Waals surface area contributed by atoms with Crippen molar-refractivity contribution in [3.8, 4) is 5.88 Å². The number of H-pyrrole nitrogens is 1. The number of rotatable bonds is 3. The Hall–Kier alpha value is -2.51. The predicted molar refractivity (Wildman–Crippen MR) is 85.7 cm³/mol. The third kappa shape index (κ3) is 4.00. The fourth-order valence-corrected chi connectivity index (χ4v) is 2.90. The summed E-state index contributed by atoms with van der Waals surface area (Å²) in [6, 6.07) is 0. The van der Waals surface area contributed by atoms with Gasteiger partial charge in [-0.05, 0) is 27.7 Å². The number of hydrogen-bond acceptors (Lipinski definition) is 7. The van der Waals surface area contributed by atoms with E-state index in [1.54, 1.807) is 20.8 Å². The van der Waals surface area contributed by atoms with Gasteiger partial charge in [0.25, 0.3) is 5.88 Å². The van der Waals surface area contributed by atoms with Gasteiger partial charge in [-0.25, -0.2) is 9.59 Å². The van der Waals surface area contributed by atoms with Gasteiger partial charge in [0, 0.05) is 12.1 Å². The van der Waals surface area contributed by atoms with E-state index in [-0.39, 0.29) is 17.7 Å². The first kappa shape index (κ1) is 21.8. The van der Waals surface area contributed by atoms with E-state index < -0.39 is 51.3 Å². The minimum Gasteiger partial charge on any atom is -0.479 e. The molecule has 28 heavy (non-hydrogen) atoms. The molecule has 0 fully saturated rings. The van der Waals surface area contributed by atoms with Crippen LogP contribution in [0.15, 0.2) is 0 Å². The van der Waals surface area contributed by atoms with E-state index in [0.717, 1.165) is 4.90 Å². The second-order valence-electron chi connectivity index (χ2n) is 7.29. The van der Waals surface area contributed by atoms with Crippen LogP contribution < -0.4 is 4.18 Å². The number of alkyl halides is 3. The lowest BCUT2D eigenvalue weighted by atomic mass is 9.88. The van der Waals surface area contributed by atoms with Gasteiger partial charge in [0.1, 0.15) is 11.1 Å². The largest absolute Gasteiger partial charge is 0.534 e. The van der Waals surface area contributed by atoms with Crippen molar-refractivity contribution in [1.29, 1.82) is 0 Å². The maximum atomic E-state index is 12.6. The lowest BCUT2D eigenvalue weighted by Crippen LogP contribution is -2.59. The van der Waals surface area contributed by atoms with Gasteiger partial charge in [-0.3, -0.25) is 10.00 Å². The van der Waals surface area contributed by atoms with Crippen molar-refractivity contribution >= 4 is 22.2 Å². The van der Waals surface area contributed by atoms with Gasteiger partial charge < -0.3 is 14.0 Å². The normalized spacial score (nSPS) is 20.5. The molecule has 1 atom stereocenters. The molecule has 0 spiro atoms. The summed E-state index contributed by atoms with van der Waals surface area (Å²) in [6.07, 6.45) is -1.44. The number of amides is 1. The highest BCUT2D eigenvalue weighted by Crippen LogP contribution is 2.37. The molecule has 1 aliphatic rings. The summed E-state index contributed by atoms with van der Waals surface area (Å²) in [6.45, 7) is 5.25. The van der Waals surface area contributed by atoms with Gasteiger partial charge in [-0.2, -0.15) is 21.6 Å². The van der Waals surface area contributed by atoms with Gasteiger partial charge in [0.2, 0.25) is 0 Å². The monoisotopic (exact) mass is 429 g/mol. The third-order valence-electron chi connectivity index (χ3n) is 3.89. The van der Waals surface area contributed by atoms with Crippen molar-refractivity contribution in [2.45, 2.75) is 57.3 Å². The topological polar surface area (TPSA) is 139 Å². The number of hydrogen-bond donors (Lipinski definition) is 2. The summed E-state index contributed by atoms with van der Waals surface area (Å²) < 4.78 is 69.4. The fourth-order valence-electron chi connectivity index (χ4n) is 2.46. The average molecular weight is 429 g/mol. The first-order chi connectivity index (χ1) is 12.5. The minimum absolute atomic E-state index is 0.0251. The molecule has 2 N–H and O–H groups in total. The zero-order valence-electron chi connectivity index (χ0n) is 15.2. The molecule has 2 heterocycles. The van der Waals surface area contributed by atoms with Crippen LogP contribution in [0.1, 0.15) is 39.0 Å². The summed E-state index contributed by atoms with van der Waals surface area (Å²) in [7, 11) is -6.00. The molecule has 158 valence electrons. The van der Waals surface area contributed by atoms with Crippen molar-refractivity contribution in [2.24, 2.45) is 0 Å². The van der Waals surface area contributed by atoms with Crippen LogP contribution in [0.2, 0.25) is 0 Å². The van der Waals surface area contributed by atoms with Gasteiger partial charge in [0.15, 0.2) is 0 Å². The average Bonchev–Trinajstić information content (AvgIpc) is 2.84. The molecule has 0 saturated carbocycles. The number of carbonyl (C=O) groups is 2. The molecule has 0 aromatic carbocycles. The number of carboxylic acid groups (broad SMARTS) is 1. The number of nitrogens with zero attached hydrogens (tertiary/aromatic N) is 2. The van der Waals surface area contributed by atoms with E-state index in [2.05, 4.69) is 14.4 Å². The number of nitrogens with one attached hydrogen (secondary N) is 1. The third-order valence-corrected chi connectivity index (χ3v) is 4.84. The Labute approximate surface area is 157 Å². The number of ether oxygens (including phenoxy) is 1.